The van der Waals surface area contributed by atoms with Gasteiger partial charge in [0.25, 0.3) is 0 Å². The fourth-order valence-electron chi connectivity index (χ4n) is 6.06. The van der Waals surface area contributed by atoms with Gasteiger partial charge in [-0.3, -0.25) is 9.69 Å². The number of halogens is 2. The van der Waals surface area contributed by atoms with Gasteiger partial charge in [-0.15, -0.1) is 0 Å². The second kappa shape index (κ2) is 10.5. The molecule has 2 fully saturated rings. The van der Waals surface area contributed by atoms with Crippen LogP contribution in [-0.4, -0.2) is 78.1 Å². The van der Waals surface area contributed by atoms with E-state index >= 15 is 0 Å². The van der Waals surface area contributed by atoms with Crippen molar-refractivity contribution in [3.8, 4) is 6.07 Å². The monoisotopic (exact) mass is 571 g/mol. The third kappa shape index (κ3) is 5.16. The number of likely N-dealkylation sites (tertiary alicyclic amines) is 1. The van der Waals surface area contributed by atoms with Gasteiger partial charge < -0.3 is 15.1 Å². The summed E-state index contributed by atoms with van der Waals surface area (Å²) in [5.41, 5.74) is 0.761. The third-order valence-corrected chi connectivity index (χ3v) is 8.65. The molecule has 2 aromatic heterocycles. The Morgan fingerprint density at radius 3 is 2.69 bits per heavy atom. The van der Waals surface area contributed by atoms with Crippen LogP contribution in [0.15, 0.2) is 24.4 Å². The third-order valence-electron chi connectivity index (χ3n) is 8.09. The SMILES string of the molecule is C[C@H](c1ccc(Cl)cc1Cl)n1nc(C#N)c2ncc(N3CC[C@H](N4CCC[C@H]4C(=O)O)C(C(C)(C)O)C3)nc21. The fraction of sp³-hybridized carbons (Fsp3) is 0.519. The molecule has 3 aromatic rings. The van der Waals surface area contributed by atoms with Crippen LogP contribution in [0.1, 0.15) is 57.3 Å². The summed E-state index contributed by atoms with van der Waals surface area (Å²) >= 11 is 12.6. The van der Waals surface area contributed by atoms with Gasteiger partial charge in [0.1, 0.15) is 23.4 Å². The van der Waals surface area contributed by atoms with Crippen LogP contribution in [0.5, 0.6) is 0 Å². The predicted molar refractivity (Wildman–Crippen MR) is 148 cm³/mol. The topological polar surface area (TPSA) is 131 Å². The Bertz CT molecular complexity index is 1450. The van der Waals surface area contributed by atoms with Gasteiger partial charge in [-0.2, -0.15) is 10.4 Å². The minimum absolute atomic E-state index is 0.0654. The van der Waals surface area contributed by atoms with Crippen LogP contribution in [0, 0.1) is 17.2 Å². The lowest BCUT2D eigenvalue weighted by molar-refractivity contribution is -0.144. The van der Waals surface area contributed by atoms with Crippen molar-refractivity contribution in [2.45, 2.75) is 63.8 Å². The molecule has 0 bridgehead atoms. The summed E-state index contributed by atoms with van der Waals surface area (Å²) in [5.74, 6) is -0.418. The Hall–Kier alpha value is -2.97. The molecule has 2 aliphatic rings. The Labute approximate surface area is 236 Å². The standard InChI is InChI=1S/C27H31Cl2N7O3/c1-15(17-7-6-16(28)11-19(17)29)36-25-24(20(12-30)33-36)31-13-23(32-25)34-10-8-21(18(14-34)27(2,3)39)35-9-4-5-22(35)26(37)38/h6-7,11,13,15,18,21-22,39H,4-5,8-10,14H2,1-3H3,(H,37,38)/t15-,18?,21+,22+/m1/s1. The van der Waals surface area contributed by atoms with E-state index in [0.717, 1.165) is 12.0 Å². The number of benzene rings is 1. The van der Waals surface area contributed by atoms with Gasteiger partial charge in [0.2, 0.25) is 0 Å². The number of aromatic nitrogens is 4. The van der Waals surface area contributed by atoms with Gasteiger partial charge in [0.15, 0.2) is 11.3 Å². The summed E-state index contributed by atoms with van der Waals surface area (Å²) in [7, 11) is 0. The smallest absolute Gasteiger partial charge is 0.320 e. The summed E-state index contributed by atoms with van der Waals surface area (Å²) in [6, 6.07) is 6.42. The van der Waals surface area contributed by atoms with Crippen LogP contribution in [0.4, 0.5) is 5.82 Å². The quantitative estimate of drug-likeness (QED) is 0.448. The first-order valence-electron chi connectivity index (χ1n) is 13.1. The van der Waals surface area contributed by atoms with E-state index in [1.807, 2.05) is 13.0 Å². The van der Waals surface area contributed by atoms with Crippen LogP contribution >= 0.6 is 23.2 Å². The number of aliphatic hydroxyl groups is 1. The van der Waals surface area contributed by atoms with Gasteiger partial charge in [0, 0.05) is 35.1 Å². The molecule has 1 unspecified atom stereocenters. The van der Waals surface area contributed by atoms with Gasteiger partial charge in [0.05, 0.1) is 17.8 Å². The highest BCUT2D eigenvalue weighted by Crippen LogP contribution is 2.37. The molecule has 10 nitrogen and oxygen atoms in total. The number of hydrogen-bond acceptors (Lipinski definition) is 8. The number of aliphatic carboxylic acids is 1. The molecular formula is C27H31Cl2N7O3. The maximum atomic E-state index is 11.9. The van der Waals surface area contributed by atoms with E-state index in [0.29, 0.717) is 59.5 Å². The number of rotatable bonds is 6. The van der Waals surface area contributed by atoms with E-state index in [2.05, 4.69) is 26.0 Å². The average molecular weight is 572 g/mol. The van der Waals surface area contributed by atoms with Crippen molar-refractivity contribution in [3.63, 3.8) is 0 Å². The molecule has 0 saturated carbocycles. The van der Waals surface area contributed by atoms with Crippen molar-refractivity contribution in [3.05, 3.63) is 45.7 Å². The number of nitriles is 1. The molecule has 0 amide bonds. The van der Waals surface area contributed by atoms with E-state index in [4.69, 9.17) is 28.2 Å². The van der Waals surface area contributed by atoms with Crippen molar-refractivity contribution >= 4 is 46.2 Å². The predicted octanol–water partition coefficient (Wildman–Crippen LogP) is 4.13. The van der Waals surface area contributed by atoms with Crippen molar-refractivity contribution in [1.82, 2.24) is 24.6 Å². The van der Waals surface area contributed by atoms with Gasteiger partial charge >= 0.3 is 5.97 Å². The summed E-state index contributed by atoms with van der Waals surface area (Å²) < 4.78 is 1.65. The summed E-state index contributed by atoms with van der Waals surface area (Å²) in [4.78, 5) is 25.5. The highest BCUT2D eigenvalue weighted by Gasteiger charge is 2.46. The molecule has 0 spiro atoms. The second-order valence-corrected chi connectivity index (χ2v) is 11.8. The lowest BCUT2D eigenvalue weighted by Crippen LogP contribution is -2.59. The zero-order valence-corrected chi connectivity index (χ0v) is 23.6. The number of nitrogens with zero attached hydrogens (tertiary/aromatic N) is 7. The number of carboxylic acid groups (broad SMARTS) is 1. The number of carbonyl (C=O) groups is 1. The van der Waals surface area contributed by atoms with Crippen LogP contribution in [0.3, 0.4) is 0 Å². The number of fused-ring (bicyclic) bond motifs is 1. The Morgan fingerprint density at radius 1 is 1.26 bits per heavy atom. The molecule has 0 radical (unpaired) electrons. The van der Waals surface area contributed by atoms with Crippen LogP contribution in [-0.2, 0) is 4.79 Å². The Kier molecular flexibility index (Phi) is 7.46. The minimum atomic E-state index is -1.04. The molecule has 2 saturated heterocycles. The highest BCUT2D eigenvalue weighted by atomic mass is 35.5. The Balaban J connectivity index is 1.49. The molecule has 206 valence electrons. The molecule has 4 heterocycles. The molecule has 5 rings (SSSR count). The van der Waals surface area contributed by atoms with E-state index in [9.17, 15) is 20.3 Å². The fourth-order valence-corrected chi connectivity index (χ4v) is 6.63. The summed E-state index contributed by atoms with van der Waals surface area (Å²) in [6.45, 7) is 7.29. The number of anilines is 1. The molecule has 4 atom stereocenters. The molecule has 39 heavy (non-hydrogen) atoms. The number of hydrogen-bond donors (Lipinski definition) is 2. The number of carboxylic acids is 1. The Morgan fingerprint density at radius 2 is 2.03 bits per heavy atom. The number of piperidine rings is 1. The second-order valence-electron chi connectivity index (χ2n) is 10.9. The van der Waals surface area contributed by atoms with Crippen molar-refractivity contribution in [2.75, 3.05) is 24.5 Å². The first-order valence-corrected chi connectivity index (χ1v) is 13.8. The van der Waals surface area contributed by atoms with E-state index in [-0.39, 0.29) is 23.7 Å². The lowest BCUT2D eigenvalue weighted by Gasteiger charge is -2.48. The molecule has 0 aliphatic carbocycles. The molecule has 12 heteroatoms. The normalized spacial score (nSPS) is 23.2. The maximum absolute atomic E-state index is 11.9. The molecule has 1 aromatic carbocycles. The van der Waals surface area contributed by atoms with E-state index in [1.54, 1.807) is 36.9 Å². The van der Waals surface area contributed by atoms with Crippen molar-refractivity contribution < 1.29 is 15.0 Å². The van der Waals surface area contributed by atoms with Crippen LogP contribution in [0.2, 0.25) is 10.0 Å². The minimum Gasteiger partial charge on any atom is -0.480 e. The van der Waals surface area contributed by atoms with Crippen molar-refractivity contribution in [1.29, 1.82) is 5.26 Å². The first-order chi connectivity index (χ1) is 18.5. The van der Waals surface area contributed by atoms with Crippen LogP contribution < -0.4 is 4.90 Å². The average Bonchev–Trinajstić information content (AvgIpc) is 3.52. The zero-order chi connectivity index (χ0) is 28.1. The summed E-state index contributed by atoms with van der Waals surface area (Å²) in [6.07, 6.45) is 3.76. The zero-order valence-electron chi connectivity index (χ0n) is 22.1. The van der Waals surface area contributed by atoms with Crippen molar-refractivity contribution in [2.24, 2.45) is 5.92 Å². The van der Waals surface area contributed by atoms with E-state index < -0.39 is 17.6 Å². The highest BCUT2D eigenvalue weighted by molar-refractivity contribution is 6.35. The first kappa shape index (κ1) is 27.6. The van der Waals surface area contributed by atoms with E-state index in [1.165, 1.54) is 0 Å². The van der Waals surface area contributed by atoms with Gasteiger partial charge in [-0.1, -0.05) is 29.3 Å². The van der Waals surface area contributed by atoms with Gasteiger partial charge in [-0.25, -0.2) is 14.6 Å². The summed E-state index contributed by atoms with van der Waals surface area (Å²) in [5, 5.41) is 36.1. The maximum Gasteiger partial charge on any atom is 0.320 e. The van der Waals surface area contributed by atoms with Crippen LogP contribution in [0.25, 0.3) is 11.2 Å². The molecule has 2 aliphatic heterocycles. The lowest BCUT2D eigenvalue weighted by atomic mass is 9.79. The van der Waals surface area contributed by atoms with Gasteiger partial charge in [-0.05, 0) is 64.3 Å². The molecule has 2 N–H and O–H groups in total. The largest absolute Gasteiger partial charge is 0.480 e. The molecular weight excluding hydrogens is 541 g/mol.